The highest BCUT2D eigenvalue weighted by Gasteiger charge is 2.21. The molecule has 0 fully saturated rings. The van der Waals surface area contributed by atoms with Crippen molar-refractivity contribution in [2.75, 3.05) is 0 Å². The first-order chi connectivity index (χ1) is 11.2. The molecule has 0 unspecified atom stereocenters. The Bertz CT molecular complexity index is 685. The van der Waals surface area contributed by atoms with E-state index in [2.05, 4.69) is 71.0 Å². The van der Waals surface area contributed by atoms with Crippen LogP contribution in [0.5, 0.6) is 0 Å². The Morgan fingerprint density at radius 1 is 0.913 bits per heavy atom. The molecule has 23 heavy (non-hydrogen) atoms. The van der Waals surface area contributed by atoms with E-state index in [1.165, 1.54) is 11.1 Å². The molecule has 0 radical (unpaired) electrons. The van der Waals surface area contributed by atoms with Gasteiger partial charge in [0, 0.05) is 18.9 Å². The lowest BCUT2D eigenvalue weighted by Gasteiger charge is -2.25. The van der Waals surface area contributed by atoms with Gasteiger partial charge in [0.25, 0.3) is 0 Å². The van der Waals surface area contributed by atoms with Gasteiger partial charge in [-0.05, 0) is 18.1 Å². The van der Waals surface area contributed by atoms with Gasteiger partial charge >= 0.3 is 0 Å². The third-order valence-corrected chi connectivity index (χ3v) is 3.96. The van der Waals surface area contributed by atoms with Gasteiger partial charge in [0.2, 0.25) is 11.8 Å². The molecule has 0 aliphatic rings. The van der Waals surface area contributed by atoms with E-state index in [0.29, 0.717) is 18.3 Å². The van der Waals surface area contributed by atoms with Crippen molar-refractivity contribution >= 4 is 0 Å². The average molecular weight is 307 g/mol. The number of benzene rings is 2. The average Bonchev–Trinajstić information content (AvgIpc) is 3.01. The number of aromatic nitrogens is 2. The summed E-state index contributed by atoms with van der Waals surface area (Å²) in [6.45, 7) is 4.56. The van der Waals surface area contributed by atoms with Crippen molar-refractivity contribution in [3.8, 4) is 0 Å². The summed E-state index contributed by atoms with van der Waals surface area (Å²) in [7, 11) is 0. The van der Waals surface area contributed by atoms with Gasteiger partial charge in [-0.2, -0.15) is 0 Å². The van der Waals surface area contributed by atoms with Crippen molar-refractivity contribution in [2.45, 2.75) is 32.4 Å². The molecule has 4 heteroatoms. The molecule has 0 amide bonds. The van der Waals surface area contributed by atoms with Crippen LogP contribution in [0.2, 0.25) is 0 Å². The Morgan fingerprint density at radius 3 is 1.96 bits per heavy atom. The Kier molecular flexibility index (Phi) is 4.83. The molecule has 1 N–H and O–H groups in total. The van der Waals surface area contributed by atoms with Gasteiger partial charge in [-0.15, -0.1) is 10.2 Å². The number of aryl methyl sites for hydroxylation is 1. The fraction of sp³-hybridized carbons (Fsp3) is 0.263. The zero-order valence-electron chi connectivity index (χ0n) is 13.4. The first-order valence-corrected chi connectivity index (χ1v) is 7.86. The molecule has 0 aliphatic carbocycles. The predicted octanol–water partition coefficient (Wildman–Crippen LogP) is 3.69. The molecule has 1 heterocycles. The van der Waals surface area contributed by atoms with E-state index in [1.807, 2.05) is 12.1 Å². The first-order valence-electron chi connectivity index (χ1n) is 7.86. The first kappa shape index (κ1) is 15.4. The number of nitrogens with one attached hydrogen (secondary N) is 1. The second kappa shape index (κ2) is 7.20. The van der Waals surface area contributed by atoms with Crippen LogP contribution in [-0.2, 0) is 6.54 Å². The summed E-state index contributed by atoms with van der Waals surface area (Å²) < 4.78 is 5.44. The van der Waals surface area contributed by atoms with Crippen molar-refractivity contribution in [1.29, 1.82) is 0 Å². The molecule has 1 aromatic heterocycles. The number of hydrogen-bond acceptors (Lipinski definition) is 4. The Labute approximate surface area is 136 Å². The minimum absolute atomic E-state index is 0.229. The third-order valence-electron chi connectivity index (χ3n) is 3.96. The summed E-state index contributed by atoms with van der Waals surface area (Å²) in [5.41, 5.74) is 2.58. The summed E-state index contributed by atoms with van der Waals surface area (Å²) >= 11 is 0. The fourth-order valence-electron chi connectivity index (χ4n) is 2.87. The van der Waals surface area contributed by atoms with E-state index >= 15 is 0 Å². The van der Waals surface area contributed by atoms with Crippen LogP contribution in [-0.4, -0.2) is 16.2 Å². The van der Waals surface area contributed by atoms with Gasteiger partial charge in [0.1, 0.15) is 0 Å². The van der Waals surface area contributed by atoms with Gasteiger partial charge in [0.15, 0.2) is 0 Å². The monoisotopic (exact) mass is 307 g/mol. The Balaban J connectivity index is 1.80. The minimum Gasteiger partial charge on any atom is -0.424 e. The van der Waals surface area contributed by atoms with Gasteiger partial charge in [-0.1, -0.05) is 60.7 Å². The molecule has 0 bridgehead atoms. The highest BCUT2D eigenvalue weighted by atomic mass is 16.4. The predicted molar refractivity (Wildman–Crippen MR) is 90.1 cm³/mol. The molecule has 4 nitrogen and oxygen atoms in total. The zero-order valence-corrected chi connectivity index (χ0v) is 13.4. The van der Waals surface area contributed by atoms with Crippen LogP contribution in [0.4, 0.5) is 0 Å². The van der Waals surface area contributed by atoms with Crippen LogP contribution in [0.15, 0.2) is 65.1 Å². The largest absolute Gasteiger partial charge is 0.424 e. The summed E-state index contributed by atoms with van der Waals surface area (Å²) in [5, 5.41) is 11.4. The lowest BCUT2D eigenvalue weighted by atomic mass is 9.86. The SMILES string of the molecule is Cc1nnc(CN[C@@H](C)C(c2ccccc2)c2ccccc2)o1. The van der Waals surface area contributed by atoms with Crippen LogP contribution < -0.4 is 5.32 Å². The molecule has 3 aromatic rings. The number of rotatable bonds is 6. The molecule has 0 saturated heterocycles. The summed E-state index contributed by atoms with van der Waals surface area (Å²) in [6, 6.07) is 21.3. The smallest absolute Gasteiger partial charge is 0.230 e. The van der Waals surface area contributed by atoms with Crippen molar-refractivity contribution < 1.29 is 4.42 Å². The van der Waals surface area contributed by atoms with Crippen molar-refractivity contribution in [1.82, 2.24) is 15.5 Å². The molecule has 118 valence electrons. The maximum Gasteiger partial charge on any atom is 0.230 e. The van der Waals surface area contributed by atoms with Crippen molar-refractivity contribution in [3.05, 3.63) is 83.6 Å². The molecule has 3 rings (SSSR count). The van der Waals surface area contributed by atoms with E-state index in [9.17, 15) is 0 Å². The van der Waals surface area contributed by atoms with Crippen molar-refractivity contribution in [2.24, 2.45) is 0 Å². The summed E-state index contributed by atoms with van der Waals surface area (Å²) in [4.78, 5) is 0. The maximum atomic E-state index is 5.44. The lowest BCUT2D eigenvalue weighted by molar-refractivity contribution is 0.414. The quantitative estimate of drug-likeness (QED) is 0.754. The van der Waals surface area contributed by atoms with Crippen molar-refractivity contribution in [3.63, 3.8) is 0 Å². The van der Waals surface area contributed by atoms with Gasteiger partial charge < -0.3 is 9.73 Å². The normalized spacial score (nSPS) is 12.5. The lowest BCUT2D eigenvalue weighted by Crippen LogP contribution is -2.32. The maximum absolute atomic E-state index is 5.44. The van der Waals surface area contributed by atoms with Gasteiger partial charge in [0.05, 0.1) is 6.54 Å². The third kappa shape index (κ3) is 3.85. The fourth-order valence-corrected chi connectivity index (χ4v) is 2.87. The zero-order chi connectivity index (χ0) is 16.1. The van der Waals surface area contributed by atoms with E-state index in [4.69, 9.17) is 4.42 Å². The summed E-state index contributed by atoms with van der Waals surface area (Å²) in [6.07, 6.45) is 0. The Morgan fingerprint density at radius 2 is 1.48 bits per heavy atom. The second-order valence-corrected chi connectivity index (χ2v) is 5.68. The topological polar surface area (TPSA) is 51.0 Å². The van der Waals surface area contributed by atoms with Gasteiger partial charge in [-0.25, -0.2) is 0 Å². The highest BCUT2D eigenvalue weighted by Crippen LogP contribution is 2.28. The minimum atomic E-state index is 0.229. The number of nitrogens with zero attached hydrogens (tertiary/aromatic N) is 2. The van der Waals surface area contributed by atoms with E-state index in [0.717, 1.165) is 0 Å². The standard InChI is InChI=1S/C19H21N3O/c1-14(20-13-18-22-21-15(2)23-18)19(16-9-5-3-6-10-16)17-11-7-4-8-12-17/h3-12,14,19-20H,13H2,1-2H3/t14-/m0/s1. The molecule has 2 aromatic carbocycles. The van der Waals surface area contributed by atoms with Crippen LogP contribution in [0.3, 0.4) is 0 Å². The summed E-state index contributed by atoms with van der Waals surface area (Å²) in [5.74, 6) is 1.48. The van der Waals surface area contributed by atoms with E-state index in [1.54, 1.807) is 6.92 Å². The van der Waals surface area contributed by atoms with Crippen LogP contribution in [0.25, 0.3) is 0 Å². The molecule has 0 aliphatic heterocycles. The van der Waals surface area contributed by atoms with Crippen LogP contribution >= 0.6 is 0 Å². The molecular weight excluding hydrogens is 286 g/mol. The highest BCUT2D eigenvalue weighted by molar-refractivity contribution is 5.34. The molecular formula is C19H21N3O. The van der Waals surface area contributed by atoms with E-state index < -0.39 is 0 Å². The van der Waals surface area contributed by atoms with Gasteiger partial charge in [-0.3, -0.25) is 0 Å². The molecule has 0 spiro atoms. The second-order valence-electron chi connectivity index (χ2n) is 5.68. The molecule has 0 saturated carbocycles. The Hall–Kier alpha value is -2.46. The molecule has 1 atom stereocenters. The van der Waals surface area contributed by atoms with E-state index in [-0.39, 0.29) is 12.0 Å². The number of hydrogen-bond donors (Lipinski definition) is 1. The van der Waals surface area contributed by atoms with Crippen LogP contribution in [0.1, 0.15) is 35.7 Å². The van der Waals surface area contributed by atoms with Crippen LogP contribution in [0, 0.1) is 6.92 Å².